The molecule has 0 bridgehead atoms. The predicted octanol–water partition coefficient (Wildman–Crippen LogP) is 3.13. The molecule has 19 heavy (non-hydrogen) atoms. The molecule has 0 unspecified atom stereocenters. The van der Waals surface area contributed by atoms with E-state index in [2.05, 4.69) is 42.8 Å². The number of halogens is 1. The van der Waals surface area contributed by atoms with Crippen LogP contribution in [0.15, 0.2) is 30.3 Å². The van der Waals surface area contributed by atoms with Crippen LogP contribution in [0.2, 0.25) is 0 Å². The lowest BCUT2D eigenvalue weighted by molar-refractivity contribution is 0.144. The highest BCUT2D eigenvalue weighted by Gasteiger charge is 2.12. The van der Waals surface area contributed by atoms with Crippen LogP contribution < -0.4 is 0 Å². The fourth-order valence-electron chi connectivity index (χ4n) is 1.95. The summed E-state index contributed by atoms with van der Waals surface area (Å²) in [4.78, 5) is 0. The molecule has 2 aromatic rings. The Morgan fingerprint density at radius 3 is 2.58 bits per heavy atom. The quantitative estimate of drug-likeness (QED) is 0.580. The lowest BCUT2D eigenvalue weighted by Gasteiger charge is -2.09. The topological polar surface area (TPSA) is 39.9 Å². The van der Waals surface area contributed by atoms with Gasteiger partial charge >= 0.3 is 0 Å². The highest BCUT2D eigenvalue weighted by molar-refractivity contribution is 9.08. The minimum Gasteiger partial charge on any atom is -0.382 e. The first kappa shape index (κ1) is 14.2. The number of ether oxygens (including phenoxy) is 1. The van der Waals surface area contributed by atoms with E-state index >= 15 is 0 Å². The van der Waals surface area contributed by atoms with E-state index < -0.39 is 0 Å². The van der Waals surface area contributed by atoms with Crippen LogP contribution in [0.3, 0.4) is 0 Å². The molecule has 2 rings (SSSR count). The molecule has 1 aromatic heterocycles. The summed E-state index contributed by atoms with van der Waals surface area (Å²) in [5, 5.41) is 9.22. The van der Waals surface area contributed by atoms with Crippen molar-refractivity contribution in [2.45, 2.75) is 25.1 Å². The maximum atomic E-state index is 5.37. The molecular weight excluding hydrogens is 306 g/mol. The van der Waals surface area contributed by atoms with Gasteiger partial charge in [0, 0.05) is 25.3 Å². The lowest BCUT2D eigenvalue weighted by atomic mass is 10.2. The molecule has 0 saturated heterocycles. The highest BCUT2D eigenvalue weighted by Crippen LogP contribution is 2.16. The summed E-state index contributed by atoms with van der Waals surface area (Å²) in [6, 6.07) is 10.2. The zero-order chi connectivity index (χ0) is 13.5. The third-order valence-electron chi connectivity index (χ3n) is 2.82. The molecule has 5 heteroatoms. The predicted molar refractivity (Wildman–Crippen MR) is 78.8 cm³/mol. The smallest absolute Gasteiger partial charge is 0.148 e. The van der Waals surface area contributed by atoms with E-state index in [9.17, 15) is 0 Å². The number of aryl methyl sites for hydroxylation is 1. The number of nitrogens with zero attached hydrogens (tertiary/aromatic N) is 3. The van der Waals surface area contributed by atoms with Crippen molar-refractivity contribution in [3.8, 4) is 5.69 Å². The molecule has 0 fully saturated rings. The number of alkyl halides is 1. The number of aromatic nitrogens is 3. The van der Waals surface area contributed by atoms with Crippen molar-refractivity contribution in [1.82, 2.24) is 14.8 Å². The van der Waals surface area contributed by atoms with Crippen LogP contribution in [0.4, 0.5) is 0 Å². The lowest BCUT2D eigenvalue weighted by Crippen LogP contribution is -2.06. The second kappa shape index (κ2) is 7.40. The summed E-state index contributed by atoms with van der Waals surface area (Å²) in [7, 11) is 0. The number of hydrogen-bond donors (Lipinski definition) is 0. The van der Waals surface area contributed by atoms with Gasteiger partial charge in [-0.25, -0.2) is 0 Å². The molecule has 0 aliphatic carbocycles. The number of para-hydroxylation sites is 1. The first-order chi connectivity index (χ1) is 9.36. The van der Waals surface area contributed by atoms with Gasteiger partial charge in [-0.3, -0.25) is 4.57 Å². The molecule has 4 nitrogen and oxygen atoms in total. The summed E-state index contributed by atoms with van der Waals surface area (Å²) < 4.78 is 7.48. The summed E-state index contributed by atoms with van der Waals surface area (Å²) in [6.45, 7) is 3.54. The minimum atomic E-state index is 0.695. The Morgan fingerprint density at radius 2 is 1.89 bits per heavy atom. The third-order valence-corrected chi connectivity index (χ3v) is 3.33. The number of hydrogen-bond acceptors (Lipinski definition) is 3. The van der Waals surface area contributed by atoms with Crippen LogP contribution in [-0.4, -0.2) is 28.0 Å². The van der Waals surface area contributed by atoms with Crippen molar-refractivity contribution in [3.63, 3.8) is 0 Å². The Balaban J connectivity index is 2.18. The van der Waals surface area contributed by atoms with Gasteiger partial charge in [0.15, 0.2) is 0 Å². The normalized spacial score (nSPS) is 10.8. The standard InChI is InChI=1S/C14H18BrN3O/c1-2-19-10-6-9-13-16-17-14(11-15)18(13)12-7-4-3-5-8-12/h3-5,7-8H,2,6,9-11H2,1H3. The van der Waals surface area contributed by atoms with Crippen LogP contribution in [-0.2, 0) is 16.5 Å². The zero-order valence-corrected chi connectivity index (χ0v) is 12.6. The fourth-order valence-corrected chi connectivity index (χ4v) is 2.32. The van der Waals surface area contributed by atoms with Gasteiger partial charge < -0.3 is 4.74 Å². The van der Waals surface area contributed by atoms with Crippen molar-refractivity contribution in [1.29, 1.82) is 0 Å². The molecule has 0 aliphatic heterocycles. The van der Waals surface area contributed by atoms with E-state index in [0.29, 0.717) is 5.33 Å². The summed E-state index contributed by atoms with van der Waals surface area (Å²) in [5.74, 6) is 1.91. The van der Waals surface area contributed by atoms with E-state index in [1.807, 2.05) is 25.1 Å². The molecule has 0 radical (unpaired) electrons. The van der Waals surface area contributed by atoms with Crippen LogP contribution in [0.5, 0.6) is 0 Å². The zero-order valence-electron chi connectivity index (χ0n) is 11.1. The number of benzene rings is 1. The van der Waals surface area contributed by atoms with Crippen LogP contribution >= 0.6 is 15.9 Å². The van der Waals surface area contributed by atoms with Crippen molar-refractivity contribution in [2.75, 3.05) is 13.2 Å². The van der Waals surface area contributed by atoms with Crippen molar-refractivity contribution in [2.24, 2.45) is 0 Å². The molecular formula is C14H18BrN3O. The van der Waals surface area contributed by atoms with Gasteiger partial charge in [-0.15, -0.1) is 10.2 Å². The second-order valence-corrected chi connectivity index (χ2v) is 4.70. The molecule has 0 amide bonds. The second-order valence-electron chi connectivity index (χ2n) is 4.14. The molecule has 0 spiro atoms. The Morgan fingerprint density at radius 1 is 1.16 bits per heavy atom. The first-order valence-corrected chi connectivity index (χ1v) is 7.61. The molecule has 0 saturated carbocycles. The molecule has 1 aromatic carbocycles. The number of rotatable bonds is 7. The third kappa shape index (κ3) is 3.64. The average molecular weight is 324 g/mol. The van der Waals surface area contributed by atoms with Crippen LogP contribution in [0, 0.1) is 0 Å². The monoisotopic (exact) mass is 323 g/mol. The molecule has 1 heterocycles. The van der Waals surface area contributed by atoms with Crippen molar-refractivity contribution in [3.05, 3.63) is 42.0 Å². The Bertz CT molecular complexity index is 499. The molecule has 102 valence electrons. The maximum Gasteiger partial charge on any atom is 0.148 e. The highest BCUT2D eigenvalue weighted by atomic mass is 79.9. The minimum absolute atomic E-state index is 0.695. The van der Waals surface area contributed by atoms with Gasteiger partial charge in [-0.2, -0.15) is 0 Å². The molecule has 0 aliphatic rings. The van der Waals surface area contributed by atoms with Gasteiger partial charge in [0.2, 0.25) is 0 Å². The van der Waals surface area contributed by atoms with Crippen molar-refractivity contribution < 1.29 is 4.74 Å². The average Bonchev–Trinajstić information content (AvgIpc) is 2.87. The Labute approximate surface area is 121 Å². The Hall–Kier alpha value is -1.20. The van der Waals surface area contributed by atoms with E-state index in [4.69, 9.17) is 4.74 Å². The summed E-state index contributed by atoms with van der Waals surface area (Å²) in [6.07, 6.45) is 1.83. The summed E-state index contributed by atoms with van der Waals surface area (Å²) in [5.41, 5.74) is 1.10. The van der Waals surface area contributed by atoms with Crippen LogP contribution in [0.1, 0.15) is 25.0 Å². The first-order valence-electron chi connectivity index (χ1n) is 6.49. The van der Waals surface area contributed by atoms with E-state index in [0.717, 1.165) is 43.4 Å². The van der Waals surface area contributed by atoms with Gasteiger partial charge in [0.25, 0.3) is 0 Å². The van der Waals surface area contributed by atoms with E-state index in [-0.39, 0.29) is 0 Å². The van der Waals surface area contributed by atoms with Gasteiger partial charge in [-0.1, -0.05) is 34.1 Å². The fraction of sp³-hybridized carbons (Fsp3) is 0.429. The van der Waals surface area contributed by atoms with Gasteiger partial charge in [0.05, 0.1) is 5.33 Å². The largest absolute Gasteiger partial charge is 0.382 e. The van der Waals surface area contributed by atoms with E-state index in [1.54, 1.807) is 0 Å². The summed E-state index contributed by atoms with van der Waals surface area (Å²) >= 11 is 3.46. The van der Waals surface area contributed by atoms with Crippen LogP contribution in [0.25, 0.3) is 5.69 Å². The van der Waals surface area contributed by atoms with E-state index in [1.165, 1.54) is 0 Å². The van der Waals surface area contributed by atoms with Gasteiger partial charge in [0.1, 0.15) is 11.6 Å². The van der Waals surface area contributed by atoms with Crippen molar-refractivity contribution >= 4 is 15.9 Å². The molecule has 0 N–H and O–H groups in total. The maximum absolute atomic E-state index is 5.37. The SMILES string of the molecule is CCOCCCc1nnc(CBr)n1-c1ccccc1. The Kier molecular flexibility index (Phi) is 5.54. The van der Waals surface area contributed by atoms with Gasteiger partial charge in [-0.05, 0) is 25.5 Å². The molecule has 0 atom stereocenters.